The van der Waals surface area contributed by atoms with Crippen molar-refractivity contribution in [1.29, 1.82) is 0 Å². The number of carbonyl (C=O) groups excluding carboxylic acids is 2. The molecule has 0 bridgehead atoms. The first-order chi connectivity index (χ1) is 10.6. The highest BCUT2D eigenvalue weighted by Crippen LogP contribution is 2.20. The van der Waals surface area contributed by atoms with Gasteiger partial charge >= 0.3 is 6.03 Å². The van der Waals surface area contributed by atoms with Crippen LogP contribution in [0.25, 0.3) is 0 Å². The van der Waals surface area contributed by atoms with E-state index >= 15 is 0 Å². The number of piperazine rings is 1. The van der Waals surface area contributed by atoms with Crippen molar-refractivity contribution in [2.45, 2.75) is 13.0 Å². The topological polar surface area (TPSA) is 55.9 Å². The largest absolute Gasteiger partial charge is 0.336 e. The zero-order valence-corrected chi connectivity index (χ0v) is 13.1. The molecule has 0 aliphatic carbocycles. The number of anilines is 1. The van der Waals surface area contributed by atoms with E-state index in [1.807, 2.05) is 29.2 Å². The monoisotopic (exact) mass is 302 g/mol. The summed E-state index contributed by atoms with van der Waals surface area (Å²) in [5.41, 5.74) is 1.43. The molecule has 2 saturated heterocycles. The molecule has 0 unspecified atom stereocenters. The Labute approximate surface area is 130 Å². The van der Waals surface area contributed by atoms with Crippen LogP contribution in [-0.2, 0) is 0 Å². The molecule has 0 spiro atoms. The molecule has 2 heterocycles. The number of benzene rings is 1. The lowest BCUT2D eigenvalue weighted by Crippen LogP contribution is -2.52. The molecule has 3 amide bonds. The first kappa shape index (κ1) is 14.8. The van der Waals surface area contributed by atoms with Crippen molar-refractivity contribution >= 4 is 17.6 Å². The fraction of sp³-hybridized carbons (Fsp3) is 0.500. The average Bonchev–Trinajstić information content (AvgIpc) is 2.93. The Hall–Kier alpha value is -2.08. The second kappa shape index (κ2) is 5.96. The molecule has 6 heteroatoms. The van der Waals surface area contributed by atoms with E-state index in [0.717, 1.165) is 25.3 Å². The van der Waals surface area contributed by atoms with Gasteiger partial charge in [0.15, 0.2) is 0 Å². The Kier molecular flexibility index (Phi) is 4.02. The lowest BCUT2D eigenvalue weighted by molar-refractivity contribution is 0.0533. The van der Waals surface area contributed by atoms with Crippen LogP contribution in [0.15, 0.2) is 24.3 Å². The molecule has 118 valence electrons. The van der Waals surface area contributed by atoms with Crippen LogP contribution in [-0.4, -0.2) is 67.6 Å². The van der Waals surface area contributed by atoms with Gasteiger partial charge in [0, 0.05) is 50.0 Å². The third kappa shape index (κ3) is 2.78. The predicted molar refractivity (Wildman–Crippen MR) is 85.2 cm³/mol. The molecule has 2 fully saturated rings. The Morgan fingerprint density at radius 2 is 2.09 bits per heavy atom. The molecule has 22 heavy (non-hydrogen) atoms. The predicted octanol–water partition coefficient (Wildman–Crippen LogP) is 0.992. The summed E-state index contributed by atoms with van der Waals surface area (Å²) in [5, 5.41) is 2.78. The summed E-state index contributed by atoms with van der Waals surface area (Å²) in [6.07, 6.45) is 0. The van der Waals surface area contributed by atoms with Crippen molar-refractivity contribution in [2.75, 3.05) is 44.7 Å². The minimum absolute atomic E-state index is 0.0436. The van der Waals surface area contributed by atoms with Gasteiger partial charge in [-0.3, -0.25) is 9.69 Å². The Balaban J connectivity index is 1.79. The number of carbonyl (C=O) groups is 2. The van der Waals surface area contributed by atoms with Crippen molar-refractivity contribution in [1.82, 2.24) is 15.1 Å². The van der Waals surface area contributed by atoms with E-state index < -0.39 is 0 Å². The molecular weight excluding hydrogens is 280 g/mol. The smallest absolute Gasteiger partial charge is 0.321 e. The number of likely N-dealkylation sites (N-methyl/N-ethyl adjacent to an activating group) is 1. The lowest BCUT2D eigenvalue weighted by Gasteiger charge is -2.38. The minimum atomic E-state index is -0.0995. The number of rotatable bonds is 2. The summed E-state index contributed by atoms with van der Waals surface area (Å²) in [5.74, 6) is 0.0436. The van der Waals surface area contributed by atoms with Crippen LogP contribution in [0.2, 0.25) is 0 Å². The molecule has 0 saturated carbocycles. The summed E-state index contributed by atoms with van der Waals surface area (Å²) in [6, 6.07) is 7.45. The first-order valence-corrected chi connectivity index (χ1v) is 7.71. The summed E-state index contributed by atoms with van der Waals surface area (Å²) in [7, 11) is 2.07. The molecule has 6 nitrogen and oxygen atoms in total. The van der Waals surface area contributed by atoms with E-state index in [0.29, 0.717) is 18.7 Å². The van der Waals surface area contributed by atoms with Crippen molar-refractivity contribution in [3.05, 3.63) is 29.8 Å². The molecule has 1 atom stereocenters. The number of nitrogens with zero attached hydrogens (tertiary/aromatic N) is 3. The highest BCUT2D eigenvalue weighted by atomic mass is 16.2. The molecule has 2 aliphatic rings. The van der Waals surface area contributed by atoms with E-state index in [4.69, 9.17) is 0 Å². The molecular formula is C16H22N4O2. The fourth-order valence-corrected chi connectivity index (χ4v) is 3.13. The van der Waals surface area contributed by atoms with Crippen LogP contribution < -0.4 is 10.2 Å². The Bertz CT molecular complexity index is 589. The third-order valence-electron chi connectivity index (χ3n) is 4.35. The van der Waals surface area contributed by atoms with Crippen LogP contribution in [0.1, 0.15) is 17.3 Å². The number of nitrogens with one attached hydrogen (secondary N) is 1. The maximum Gasteiger partial charge on any atom is 0.321 e. The van der Waals surface area contributed by atoms with Crippen molar-refractivity contribution in [2.24, 2.45) is 0 Å². The zero-order valence-electron chi connectivity index (χ0n) is 13.1. The Morgan fingerprint density at radius 1 is 1.27 bits per heavy atom. The fourth-order valence-electron chi connectivity index (χ4n) is 3.13. The summed E-state index contributed by atoms with van der Waals surface area (Å²) in [4.78, 5) is 30.3. The number of urea groups is 1. The maximum absolute atomic E-state index is 12.8. The van der Waals surface area contributed by atoms with Crippen LogP contribution >= 0.6 is 0 Å². The normalized spacial score (nSPS) is 22.8. The van der Waals surface area contributed by atoms with Gasteiger partial charge in [0.2, 0.25) is 0 Å². The van der Waals surface area contributed by atoms with Gasteiger partial charge in [-0.25, -0.2) is 4.79 Å². The van der Waals surface area contributed by atoms with Gasteiger partial charge in [-0.1, -0.05) is 6.07 Å². The van der Waals surface area contributed by atoms with Gasteiger partial charge in [-0.15, -0.1) is 0 Å². The molecule has 0 radical (unpaired) electrons. The van der Waals surface area contributed by atoms with Crippen molar-refractivity contribution in [3.8, 4) is 0 Å². The van der Waals surface area contributed by atoms with Gasteiger partial charge in [0.25, 0.3) is 5.91 Å². The van der Waals surface area contributed by atoms with Crippen molar-refractivity contribution < 1.29 is 9.59 Å². The SMILES string of the molecule is C[C@H]1CN(C)CCN1C(=O)c1cccc(N2CCNC2=O)c1. The molecule has 1 aromatic carbocycles. The standard InChI is InChI=1S/C16H22N4O2/c1-12-11-18(2)8-9-19(12)15(21)13-4-3-5-14(10-13)20-7-6-17-16(20)22/h3-5,10,12H,6-9,11H2,1-2H3,(H,17,22)/t12-/m0/s1. The molecule has 1 aromatic rings. The second-order valence-electron chi connectivity index (χ2n) is 6.04. The molecule has 1 N–H and O–H groups in total. The number of hydrogen-bond donors (Lipinski definition) is 1. The quantitative estimate of drug-likeness (QED) is 0.886. The summed E-state index contributed by atoms with van der Waals surface area (Å²) < 4.78 is 0. The van der Waals surface area contributed by atoms with E-state index in [1.165, 1.54) is 0 Å². The highest BCUT2D eigenvalue weighted by Gasteiger charge is 2.27. The van der Waals surface area contributed by atoms with E-state index in [2.05, 4.69) is 24.2 Å². The van der Waals surface area contributed by atoms with E-state index in [1.54, 1.807) is 4.90 Å². The highest BCUT2D eigenvalue weighted by molar-refractivity contribution is 5.98. The van der Waals surface area contributed by atoms with Crippen LogP contribution in [0.5, 0.6) is 0 Å². The van der Waals surface area contributed by atoms with Gasteiger partial charge in [-0.2, -0.15) is 0 Å². The van der Waals surface area contributed by atoms with Crippen molar-refractivity contribution in [3.63, 3.8) is 0 Å². The maximum atomic E-state index is 12.8. The minimum Gasteiger partial charge on any atom is -0.336 e. The average molecular weight is 302 g/mol. The molecule has 0 aromatic heterocycles. The van der Waals surface area contributed by atoms with Crippen LogP contribution in [0, 0.1) is 0 Å². The van der Waals surface area contributed by atoms with Crippen LogP contribution in [0.4, 0.5) is 10.5 Å². The lowest BCUT2D eigenvalue weighted by atomic mass is 10.1. The molecule has 3 rings (SSSR count). The van der Waals surface area contributed by atoms with Gasteiger partial charge < -0.3 is 15.1 Å². The zero-order chi connectivity index (χ0) is 15.7. The Morgan fingerprint density at radius 3 is 2.77 bits per heavy atom. The molecule has 2 aliphatic heterocycles. The van der Waals surface area contributed by atoms with Gasteiger partial charge in [0.1, 0.15) is 0 Å². The summed E-state index contributed by atoms with van der Waals surface area (Å²) >= 11 is 0. The first-order valence-electron chi connectivity index (χ1n) is 7.71. The number of hydrogen-bond acceptors (Lipinski definition) is 3. The summed E-state index contributed by atoms with van der Waals surface area (Å²) in [6.45, 7) is 5.88. The second-order valence-corrected chi connectivity index (χ2v) is 6.04. The van der Waals surface area contributed by atoms with E-state index in [-0.39, 0.29) is 18.0 Å². The third-order valence-corrected chi connectivity index (χ3v) is 4.35. The van der Waals surface area contributed by atoms with Gasteiger partial charge in [0.05, 0.1) is 0 Å². The van der Waals surface area contributed by atoms with Gasteiger partial charge in [-0.05, 0) is 32.2 Å². The number of amides is 3. The van der Waals surface area contributed by atoms with E-state index in [9.17, 15) is 9.59 Å². The van der Waals surface area contributed by atoms with Crippen LogP contribution in [0.3, 0.4) is 0 Å².